The van der Waals surface area contributed by atoms with Gasteiger partial charge in [0.15, 0.2) is 5.78 Å². The average molecular weight is 208 g/mol. The summed E-state index contributed by atoms with van der Waals surface area (Å²) in [6.45, 7) is 0. The minimum atomic E-state index is 0.0423. The minimum absolute atomic E-state index is 0.0423. The van der Waals surface area contributed by atoms with Crippen LogP contribution >= 0.6 is 10.9 Å². The lowest BCUT2D eigenvalue weighted by atomic mass is 10.2. The second kappa shape index (κ2) is 4.65. The van der Waals surface area contributed by atoms with Gasteiger partial charge in [-0.15, -0.1) is 0 Å². The molecule has 0 amide bonds. The third kappa shape index (κ3) is 2.38. The van der Waals surface area contributed by atoms with Crippen LogP contribution in [0.5, 0.6) is 0 Å². The molecule has 0 radical (unpaired) electrons. The summed E-state index contributed by atoms with van der Waals surface area (Å²) in [7, 11) is 0.0423. The van der Waals surface area contributed by atoms with Crippen LogP contribution in [-0.4, -0.2) is 23.0 Å². The molecule has 2 rings (SSSR count). The Morgan fingerprint density at radius 3 is 2.43 bits per heavy atom. The molecule has 0 saturated carbocycles. The molecule has 2 heteroatoms. The minimum Gasteiger partial charge on any atom is -0.293 e. The monoisotopic (exact) mass is 208 g/mol. The lowest BCUT2D eigenvalue weighted by Gasteiger charge is -2.12. The fraction of sp³-hybridized carbons (Fsp3) is 0.417. The van der Waals surface area contributed by atoms with Gasteiger partial charge in [0.2, 0.25) is 0 Å². The topological polar surface area (TPSA) is 17.1 Å². The lowest BCUT2D eigenvalue weighted by Crippen LogP contribution is -2.06. The number of carbonyl (C=O) groups is 1. The van der Waals surface area contributed by atoms with Crippen molar-refractivity contribution in [2.45, 2.75) is 12.8 Å². The Kier molecular flexibility index (Phi) is 3.25. The molecule has 14 heavy (non-hydrogen) atoms. The third-order valence-electron chi connectivity index (χ3n) is 2.66. The van der Waals surface area contributed by atoms with E-state index in [0.717, 1.165) is 11.3 Å². The van der Waals surface area contributed by atoms with Crippen LogP contribution in [0.25, 0.3) is 0 Å². The summed E-state index contributed by atoms with van der Waals surface area (Å²) in [6.07, 6.45) is 2.68. The fourth-order valence-electron chi connectivity index (χ4n) is 1.86. The van der Waals surface area contributed by atoms with Crippen molar-refractivity contribution in [1.29, 1.82) is 0 Å². The zero-order valence-electron chi connectivity index (χ0n) is 8.28. The van der Waals surface area contributed by atoms with Gasteiger partial charge in [-0.2, -0.15) is 0 Å². The van der Waals surface area contributed by atoms with Crippen LogP contribution in [0.1, 0.15) is 23.2 Å². The molecule has 1 heterocycles. The van der Waals surface area contributed by atoms with Crippen molar-refractivity contribution in [3.05, 3.63) is 35.9 Å². The summed E-state index contributed by atoms with van der Waals surface area (Å²) < 4.78 is 0. The molecule has 0 aromatic heterocycles. The Labute approximate surface area is 87.9 Å². The van der Waals surface area contributed by atoms with Crippen molar-refractivity contribution >= 4 is 16.7 Å². The maximum absolute atomic E-state index is 11.8. The van der Waals surface area contributed by atoms with Crippen molar-refractivity contribution < 1.29 is 4.79 Å². The summed E-state index contributed by atoms with van der Waals surface area (Å²) in [5, 5.41) is 0. The van der Waals surface area contributed by atoms with Gasteiger partial charge in [-0.3, -0.25) is 4.79 Å². The largest absolute Gasteiger partial charge is 0.293 e. The molecule has 0 N–H and O–H groups in total. The van der Waals surface area contributed by atoms with Gasteiger partial charge in [0.05, 0.1) is 0 Å². The van der Waals surface area contributed by atoms with Gasteiger partial charge in [0.25, 0.3) is 0 Å². The smallest absolute Gasteiger partial charge is 0.170 e. The summed E-state index contributed by atoms with van der Waals surface area (Å²) in [4.78, 5) is 11.8. The molecule has 0 unspecified atom stereocenters. The van der Waals surface area contributed by atoms with E-state index in [-0.39, 0.29) is 10.9 Å². The van der Waals surface area contributed by atoms with E-state index in [2.05, 4.69) is 0 Å². The molecule has 1 aromatic carbocycles. The second-order valence-corrected chi connectivity index (χ2v) is 6.32. The van der Waals surface area contributed by atoms with Gasteiger partial charge < -0.3 is 0 Å². The molecule has 1 aliphatic rings. The number of thiol groups is 1. The van der Waals surface area contributed by atoms with Crippen molar-refractivity contribution in [3.8, 4) is 0 Å². The molecule has 0 spiro atoms. The van der Waals surface area contributed by atoms with Crippen LogP contribution in [-0.2, 0) is 0 Å². The van der Waals surface area contributed by atoms with E-state index in [4.69, 9.17) is 0 Å². The highest BCUT2D eigenvalue weighted by atomic mass is 32.2. The van der Waals surface area contributed by atoms with Crippen LogP contribution < -0.4 is 0 Å². The Morgan fingerprint density at radius 2 is 1.79 bits per heavy atom. The SMILES string of the molecule is O=C(C[SH]1CCCC1)c1ccccc1. The average Bonchev–Trinajstić information content (AvgIpc) is 2.72. The molecular formula is C12H16OS. The number of benzene rings is 1. The predicted molar refractivity (Wildman–Crippen MR) is 63.6 cm³/mol. The van der Waals surface area contributed by atoms with Crippen molar-refractivity contribution in [1.82, 2.24) is 0 Å². The second-order valence-electron chi connectivity index (χ2n) is 3.77. The highest BCUT2D eigenvalue weighted by Gasteiger charge is 2.15. The predicted octanol–water partition coefficient (Wildman–Crippen LogP) is 2.66. The molecule has 1 saturated heterocycles. The first-order chi connectivity index (χ1) is 6.86. The van der Waals surface area contributed by atoms with E-state index in [0.29, 0.717) is 5.78 Å². The quantitative estimate of drug-likeness (QED) is 0.597. The van der Waals surface area contributed by atoms with Crippen LogP contribution in [0.2, 0.25) is 0 Å². The molecular weight excluding hydrogens is 192 g/mol. The highest BCUT2D eigenvalue weighted by Crippen LogP contribution is 2.34. The molecule has 76 valence electrons. The van der Waals surface area contributed by atoms with Crippen molar-refractivity contribution in [2.24, 2.45) is 0 Å². The van der Waals surface area contributed by atoms with Gasteiger partial charge in [-0.25, -0.2) is 10.9 Å². The summed E-state index contributed by atoms with van der Waals surface area (Å²) in [5.74, 6) is 3.79. The third-order valence-corrected chi connectivity index (χ3v) is 5.29. The standard InChI is InChI=1S/C12H16OS/c13-12(10-14-8-4-5-9-14)11-6-2-1-3-7-11/h1-3,6-7,14H,4-5,8-10H2. The van der Waals surface area contributed by atoms with Crippen LogP contribution in [0.3, 0.4) is 0 Å². The maximum atomic E-state index is 11.8. The van der Waals surface area contributed by atoms with Gasteiger partial charge in [-0.05, 0) is 24.3 Å². The molecule has 1 fully saturated rings. The Balaban J connectivity index is 1.95. The number of carbonyl (C=O) groups excluding carboxylic acids is 1. The highest BCUT2D eigenvalue weighted by molar-refractivity contribution is 8.17. The Bertz CT molecular complexity index is 301. The molecule has 1 aromatic rings. The molecule has 0 bridgehead atoms. The number of hydrogen-bond donors (Lipinski definition) is 1. The van der Waals surface area contributed by atoms with Crippen LogP contribution in [0.4, 0.5) is 0 Å². The van der Waals surface area contributed by atoms with E-state index < -0.39 is 0 Å². The molecule has 0 atom stereocenters. The summed E-state index contributed by atoms with van der Waals surface area (Å²) in [6, 6.07) is 9.68. The molecule has 1 aliphatic heterocycles. The fourth-order valence-corrected chi connectivity index (χ4v) is 4.33. The van der Waals surface area contributed by atoms with Crippen LogP contribution in [0.15, 0.2) is 30.3 Å². The zero-order valence-corrected chi connectivity index (χ0v) is 9.17. The first-order valence-electron chi connectivity index (χ1n) is 5.17. The van der Waals surface area contributed by atoms with Gasteiger partial charge >= 0.3 is 0 Å². The molecule has 1 nitrogen and oxygen atoms in total. The Morgan fingerprint density at radius 1 is 1.14 bits per heavy atom. The summed E-state index contributed by atoms with van der Waals surface area (Å²) in [5.41, 5.74) is 0.891. The first-order valence-corrected chi connectivity index (χ1v) is 7.06. The first kappa shape index (κ1) is 9.78. The number of ketones is 1. The van der Waals surface area contributed by atoms with Crippen molar-refractivity contribution in [2.75, 3.05) is 17.3 Å². The molecule has 0 aliphatic carbocycles. The number of hydrogen-bond acceptors (Lipinski definition) is 1. The van der Waals surface area contributed by atoms with E-state index in [9.17, 15) is 4.79 Å². The van der Waals surface area contributed by atoms with Crippen molar-refractivity contribution in [3.63, 3.8) is 0 Å². The maximum Gasteiger partial charge on any atom is 0.170 e. The van der Waals surface area contributed by atoms with Gasteiger partial charge in [-0.1, -0.05) is 30.3 Å². The van der Waals surface area contributed by atoms with E-state index in [1.807, 2.05) is 30.3 Å². The Hall–Kier alpha value is -0.760. The summed E-state index contributed by atoms with van der Waals surface area (Å²) >= 11 is 0. The van der Waals surface area contributed by atoms with Crippen LogP contribution in [0, 0.1) is 0 Å². The van der Waals surface area contributed by atoms with E-state index >= 15 is 0 Å². The lowest BCUT2D eigenvalue weighted by molar-refractivity contribution is 0.102. The van der Waals surface area contributed by atoms with Gasteiger partial charge in [0, 0.05) is 11.3 Å². The van der Waals surface area contributed by atoms with E-state index in [1.165, 1.54) is 24.3 Å². The number of Topliss-reactive ketones (excluding diaryl/α,β-unsaturated/α-hetero) is 1. The van der Waals surface area contributed by atoms with E-state index in [1.54, 1.807) is 0 Å². The number of rotatable bonds is 3. The zero-order chi connectivity index (χ0) is 9.80. The normalized spacial score (nSPS) is 18.4. The van der Waals surface area contributed by atoms with Gasteiger partial charge in [0.1, 0.15) is 0 Å².